The Bertz CT molecular complexity index is 2720. The molecular formula is C52H59N11O6. The van der Waals surface area contributed by atoms with Crippen LogP contribution in [0.4, 0.5) is 23.0 Å². The number of anilines is 4. The molecule has 2 fully saturated rings. The number of hydrogen-bond acceptors (Lipinski definition) is 17. The molecule has 0 spiro atoms. The smallest absolute Gasteiger partial charge is 0.189 e. The molecule has 0 radical (unpaired) electrons. The molecule has 358 valence electrons. The van der Waals surface area contributed by atoms with Crippen LogP contribution in [0.3, 0.4) is 0 Å². The van der Waals surface area contributed by atoms with Crippen LogP contribution in [0.25, 0.3) is 22.5 Å². The average molecular weight is 934 g/mol. The van der Waals surface area contributed by atoms with Gasteiger partial charge in [0.25, 0.3) is 0 Å². The predicted molar refractivity (Wildman–Crippen MR) is 265 cm³/mol. The zero-order valence-corrected chi connectivity index (χ0v) is 39.2. The van der Waals surface area contributed by atoms with Gasteiger partial charge in [-0.05, 0) is 43.0 Å². The van der Waals surface area contributed by atoms with Crippen LogP contribution in [-0.4, -0.2) is 106 Å². The monoisotopic (exact) mass is 933 g/mol. The topological polar surface area (TPSA) is 249 Å². The highest BCUT2D eigenvalue weighted by molar-refractivity contribution is 6.01. The maximum atomic E-state index is 13.3. The van der Waals surface area contributed by atoms with Gasteiger partial charge in [0, 0.05) is 123 Å². The Labute approximate surface area is 401 Å². The molecule has 4 aromatic heterocycles. The number of nitrogens with zero attached hydrogens (tertiary/aromatic N) is 8. The van der Waals surface area contributed by atoms with Crippen molar-refractivity contribution >= 4 is 46.1 Å². The molecule has 17 heteroatoms. The third-order valence-electron chi connectivity index (χ3n) is 12.2. The lowest BCUT2D eigenvalue weighted by Crippen LogP contribution is -2.37. The zero-order valence-electron chi connectivity index (χ0n) is 39.2. The second-order valence-electron chi connectivity index (χ2n) is 17.1. The van der Waals surface area contributed by atoms with Crippen molar-refractivity contribution in [3.05, 3.63) is 131 Å². The fourth-order valence-electron chi connectivity index (χ4n) is 8.08. The minimum atomic E-state index is -0.224. The average Bonchev–Trinajstić information content (AvgIpc) is 3.38. The SMILES string of the molecule is CC(=O)CC[C@@H](C)C(=O)CCc1ccc(-c2cnc(N)c(C(=O)Cc3cnccc3N3CCOCC3)n2)cc1.NCc1ccc(-c2cnc(N)c(C(=O)Cc3cnccc3N3CCOCC3)n2)cc1. The molecule has 2 aromatic carbocycles. The minimum absolute atomic E-state index is 0.0922. The molecular weight excluding hydrogens is 875 g/mol. The highest BCUT2D eigenvalue weighted by atomic mass is 16.5. The van der Waals surface area contributed by atoms with Crippen molar-refractivity contribution in [3.63, 3.8) is 0 Å². The van der Waals surface area contributed by atoms with Crippen molar-refractivity contribution in [2.75, 3.05) is 73.9 Å². The van der Waals surface area contributed by atoms with Gasteiger partial charge >= 0.3 is 0 Å². The number of nitrogen functional groups attached to an aromatic ring is 2. The van der Waals surface area contributed by atoms with Crippen LogP contribution in [0.1, 0.15) is 76.3 Å². The second-order valence-corrected chi connectivity index (χ2v) is 17.1. The maximum Gasteiger partial charge on any atom is 0.189 e. The quantitative estimate of drug-likeness (QED) is 0.0871. The van der Waals surface area contributed by atoms with E-state index < -0.39 is 0 Å². The first-order valence-corrected chi connectivity index (χ1v) is 23.2. The number of hydrogen-bond donors (Lipinski definition) is 3. The van der Waals surface area contributed by atoms with Gasteiger partial charge in [0.15, 0.2) is 23.2 Å². The van der Waals surface area contributed by atoms with Crippen molar-refractivity contribution in [2.45, 2.75) is 58.9 Å². The molecule has 2 aliphatic heterocycles. The molecule has 1 atom stereocenters. The molecule has 6 N–H and O–H groups in total. The van der Waals surface area contributed by atoms with E-state index in [1.165, 1.54) is 0 Å². The summed E-state index contributed by atoms with van der Waals surface area (Å²) in [6.07, 6.45) is 12.4. The number of carbonyl (C=O) groups excluding carboxylic acids is 4. The molecule has 0 saturated carbocycles. The van der Waals surface area contributed by atoms with Gasteiger partial charge in [-0.15, -0.1) is 0 Å². The molecule has 8 rings (SSSR count). The minimum Gasteiger partial charge on any atom is -0.382 e. The van der Waals surface area contributed by atoms with E-state index >= 15 is 0 Å². The number of Topliss-reactive ketones (excluding diaryl/α,β-unsaturated/α-hetero) is 4. The largest absolute Gasteiger partial charge is 0.382 e. The lowest BCUT2D eigenvalue weighted by molar-refractivity contribution is -0.123. The molecule has 0 unspecified atom stereocenters. The summed E-state index contributed by atoms with van der Waals surface area (Å²) in [5.74, 6) is -0.0465. The highest BCUT2D eigenvalue weighted by Gasteiger charge is 2.23. The number of pyridine rings is 2. The molecule has 0 amide bonds. The molecule has 0 aliphatic carbocycles. The Hall–Kier alpha value is -7.34. The maximum absolute atomic E-state index is 13.3. The van der Waals surface area contributed by atoms with Crippen LogP contribution >= 0.6 is 0 Å². The fraction of sp³-hybridized carbons (Fsp3) is 0.346. The Kier molecular flexibility index (Phi) is 17.3. The fourth-order valence-corrected chi connectivity index (χ4v) is 8.08. The molecule has 2 saturated heterocycles. The van der Waals surface area contributed by atoms with Crippen LogP contribution in [0.15, 0.2) is 97.8 Å². The Morgan fingerprint density at radius 2 is 1.07 bits per heavy atom. The van der Waals surface area contributed by atoms with E-state index in [0.717, 1.165) is 70.9 Å². The van der Waals surface area contributed by atoms with Gasteiger partial charge in [-0.1, -0.05) is 55.5 Å². The first kappa shape index (κ1) is 49.6. The lowest BCUT2D eigenvalue weighted by Gasteiger charge is -2.30. The third kappa shape index (κ3) is 13.4. The summed E-state index contributed by atoms with van der Waals surface area (Å²) in [7, 11) is 0. The molecule has 6 aromatic rings. The van der Waals surface area contributed by atoms with Crippen LogP contribution in [-0.2, 0) is 44.9 Å². The van der Waals surface area contributed by atoms with E-state index in [2.05, 4.69) is 39.7 Å². The van der Waals surface area contributed by atoms with Gasteiger partial charge in [0.05, 0.1) is 50.2 Å². The number of ketones is 4. The van der Waals surface area contributed by atoms with Gasteiger partial charge in [0.1, 0.15) is 23.0 Å². The number of benzene rings is 2. The number of aromatic nitrogens is 6. The summed E-state index contributed by atoms with van der Waals surface area (Å²) in [4.78, 5) is 80.3. The summed E-state index contributed by atoms with van der Waals surface area (Å²) in [6.45, 7) is 9.58. The van der Waals surface area contributed by atoms with Crippen molar-refractivity contribution in [1.29, 1.82) is 0 Å². The number of nitrogens with two attached hydrogens (primary N) is 3. The zero-order chi connectivity index (χ0) is 48.7. The van der Waals surface area contributed by atoms with E-state index in [-0.39, 0.29) is 64.9 Å². The van der Waals surface area contributed by atoms with Crippen molar-refractivity contribution < 1.29 is 28.7 Å². The molecule has 2 aliphatic rings. The second kappa shape index (κ2) is 24.1. The summed E-state index contributed by atoms with van der Waals surface area (Å²) in [5, 5.41) is 0. The van der Waals surface area contributed by atoms with Gasteiger partial charge in [-0.3, -0.25) is 24.4 Å². The lowest BCUT2D eigenvalue weighted by atomic mass is 9.94. The van der Waals surface area contributed by atoms with Crippen LogP contribution in [0, 0.1) is 5.92 Å². The van der Waals surface area contributed by atoms with Crippen molar-refractivity contribution in [1.82, 2.24) is 29.9 Å². The van der Waals surface area contributed by atoms with E-state index in [1.54, 1.807) is 44.1 Å². The van der Waals surface area contributed by atoms with Gasteiger partial charge in [-0.25, -0.2) is 19.9 Å². The first-order chi connectivity index (χ1) is 33.5. The van der Waals surface area contributed by atoms with Gasteiger partial charge < -0.3 is 41.3 Å². The molecule has 17 nitrogen and oxygen atoms in total. The van der Waals surface area contributed by atoms with Crippen LogP contribution < -0.4 is 27.0 Å². The molecule has 6 heterocycles. The Balaban J connectivity index is 0.000000211. The first-order valence-electron chi connectivity index (χ1n) is 23.2. The van der Waals surface area contributed by atoms with Gasteiger partial charge in [-0.2, -0.15) is 0 Å². The molecule has 69 heavy (non-hydrogen) atoms. The highest BCUT2D eigenvalue weighted by Crippen LogP contribution is 2.27. The summed E-state index contributed by atoms with van der Waals surface area (Å²) < 4.78 is 10.9. The Morgan fingerprint density at radius 1 is 0.623 bits per heavy atom. The van der Waals surface area contributed by atoms with Crippen molar-refractivity contribution in [3.8, 4) is 22.5 Å². The Morgan fingerprint density at radius 3 is 1.51 bits per heavy atom. The summed E-state index contributed by atoms with van der Waals surface area (Å²) in [6, 6.07) is 19.2. The van der Waals surface area contributed by atoms with E-state index in [0.29, 0.717) is 70.0 Å². The standard InChI is InChI=1S/C30H35N5O4.C22H24N6O2/c1-20(3-4-21(2)36)27(37)10-7-22-5-8-23(9-6-22)25-19-33-30(31)29(34-25)28(38)17-24-18-32-12-11-26(24)35-13-15-39-16-14-35;23-12-15-1-3-16(4-2-15)18-14-26-22(24)21(27-18)20(29)11-17-13-25-6-5-19(17)28-7-9-30-10-8-28/h5-6,8-9,11-12,18-20H,3-4,7,10,13-17H2,1-2H3,(H2,31,33);1-6,13-14H,7-12,23H2,(H2,24,26)/t20-;/m1./s1. The molecule has 0 bridgehead atoms. The van der Waals surface area contributed by atoms with Crippen molar-refractivity contribution in [2.24, 2.45) is 11.7 Å². The number of ether oxygens (including phenoxy) is 2. The van der Waals surface area contributed by atoms with Crippen LogP contribution in [0.5, 0.6) is 0 Å². The van der Waals surface area contributed by atoms with E-state index in [1.807, 2.05) is 67.6 Å². The normalized spacial score (nSPS) is 14.1. The number of aryl methyl sites for hydroxylation is 1. The van der Waals surface area contributed by atoms with Crippen LogP contribution in [0.2, 0.25) is 0 Å². The third-order valence-corrected chi connectivity index (χ3v) is 12.2. The number of morpholine rings is 2. The number of carbonyl (C=O) groups is 4. The predicted octanol–water partition coefficient (Wildman–Crippen LogP) is 5.73. The van der Waals surface area contributed by atoms with E-state index in [9.17, 15) is 19.2 Å². The van der Waals surface area contributed by atoms with Gasteiger partial charge in [0.2, 0.25) is 0 Å². The summed E-state index contributed by atoms with van der Waals surface area (Å²) in [5.41, 5.74) is 26.5. The number of rotatable bonds is 18. The van der Waals surface area contributed by atoms with E-state index in [4.69, 9.17) is 26.7 Å². The summed E-state index contributed by atoms with van der Waals surface area (Å²) >= 11 is 0.